The second-order valence-corrected chi connectivity index (χ2v) is 9.53. The third kappa shape index (κ3) is 4.63. The van der Waals surface area contributed by atoms with Gasteiger partial charge in [0.1, 0.15) is 5.82 Å². The zero-order valence-corrected chi connectivity index (χ0v) is 20.2. The molecule has 1 N–H and O–H groups in total. The molecule has 0 unspecified atom stereocenters. The Balaban J connectivity index is 1.69. The molecule has 1 aromatic heterocycles. The van der Waals surface area contributed by atoms with E-state index in [-0.39, 0.29) is 11.7 Å². The number of carbonyl (C=O) groups is 1. The quantitative estimate of drug-likeness (QED) is 0.508. The van der Waals surface area contributed by atoms with Gasteiger partial charge in [-0.15, -0.1) is 0 Å². The van der Waals surface area contributed by atoms with Crippen molar-refractivity contribution in [2.45, 2.75) is 25.7 Å². The number of hydrogen-bond donors (Lipinski definition) is 1. The first-order valence-electron chi connectivity index (χ1n) is 11.5. The largest absolute Gasteiger partial charge is 0.337 e. The van der Waals surface area contributed by atoms with Crippen molar-refractivity contribution in [2.24, 2.45) is 0 Å². The van der Waals surface area contributed by atoms with Crippen molar-refractivity contribution >= 4 is 40.8 Å². The maximum Gasteiger partial charge on any atom is 0.274 e. The van der Waals surface area contributed by atoms with Gasteiger partial charge in [-0.2, -0.15) is 5.10 Å². The zero-order chi connectivity index (χ0) is 23.7. The van der Waals surface area contributed by atoms with Crippen LogP contribution >= 0.6 is 23.2 Å². The number of likely N-dealkylation sites (tertiary alicyclic amines) is 1. The summed E-state index contributed by atoms with van der Waals surface area (Å²) in [6.45, 7) is 2.80. The van der Waals surface area contributed by atoms with Crippen LogP contribution in [-0.4, -0.2) is 46.8 Å². The van der Waals surface area contributed by atoms with E-state index in [4.69, 9.17) is 28.3 Å². The second kappa shape index (κ2) is 9.90. The van der Waals surface area contributed by atoms with Crippen LogP contribution in [0.1, 0.15) is 46.6 Å². The Hall–Kier alpha value is -2.67. The summed E-state index contributed by atoms with van der Waals surface area (Å²) in [5.74, 6) is -0.322. The van der Waals surface area contributed by atoms with Gasteiger partial charge >= 0.3 is 0 Å². The fourth-order valence-corrected chi connectivity index (χ4v) is 5.15. The van der Waals surface area contributed by atoms with Crippen molar-refractivity contribution in [1.82, 2.24) is 20.0 Å². The van der Waals surface area contributed by atoms with E-state index in [2.05, 4.69) is 5.32 Å². The van der Waals surface area contributed by atoms with E-state index in [0.29, 0.717) is 40.9 Å². The summed E-state index contributed by atoms with van der Waals surface area (Å²) in [7, 11) is 0. The number of nitrogens with zero attached hydrogens (tertiary/aromatic N) is 3. The van der Waals surface area contributed by atoms with E-state index in [1.807, 2.05) is 17.0 Å². The number of nitrogens with one attached hydrogen (secondary N) is 1. The molecule has 0 bridgehead atoms. The Bertz CT molecular complexity index is 1250. The van der Waals surface area contributed by atoms with Gasteiger partial charge < -0.3 is 10.2 Å². The second-order valence-electron chi connectivity index (χ2n) is 8.68. The van der Waals surface area contributed by atoms with Gasteiger partial charge in [0.2, 0.25) is 0 Å². The Labute approximate surface area is 208 Å². The molecular formula is C26H25Cl2FN4O. The Morgan fingerprint density at radius 2 is 1.82 bits per heavy atom. The molecule has 0 radical (unpaired) electrons. The Morgan fingerprint density at radius 3 is 2.56 bits per heavy atom. The van der Waals surface area contributed by atoms with Crippen LogP contribution in [0.5, 0.6) is 0 Å². The topological polar surface area (TPSA) is 50.2 Å². The smallest absolute Gasteiger partial charge is 0.274 e. The average molecular weight is 499 g/mol. The number of piperidine rings is 1. The third-order valence-corrected chi connectivity index (χ3v) is 6.89. The average Bonchev–Trinajstić information content (AvgIpc) is 3.09. The molecule has 3 heterocycles. The van der Waals surface area contributed by atoms with Crippen LogP contribution in [0.15, 0.2) is 42.5 Å². The SMILES string of the molecule is O=C(c1nn(-c2ccc(Cl)cc2Cl)c2c1CCNC/C2=C\c1ccc(F)cc1)N1CCCCC1. The molecule has 34 heavy (non-hydrogen) atoms. The van der Waals surface area contributed by atoms with Crippen LogP contribution in [0.4, 0.5) is 4.39 Å². The lowest BCUT2D eigenvalue weighted by molar-refractivity contribution is 0.0717. The highest BCUT2D eigenvalue weighted by Crippen LogP contribution is 2.33. The van der Waals surface area contributed by atoms with Gasteiger partial charge in [-0.3, -0.25) is 4.79 Å². The van der Waals surface area contributed by atoms with Crippen LogP contribution in [0.25, 0.3) is 17.3 Å². The van der Waals surface area contributed by atoms with Crippen molar-refractivity contribution < 1.29 is 9.18 Å². The highest BCUT2D eigenvalue weighted by molar-refractivity contribution is 6.35. The Kier molecular flexibility index (Phi) is 6.73. The van der Waals surface area contributed by atoms with Gasteiger partial charge in [-0.1, -0.05) is 35.3 Å². The van der Waals surface area contributed by atoms with E-state index in [9.17, 15) is 9.18 Å². The highest BCUT2D eigenvalue weighted by atomic mass is 35.5. The van der Waals surface area contributed by atoms with E-state index < -0.39 is 0 Å². The molecule has 2 aliphatic rings. The standard InChI is InChI=1S/C26H25Cl2FN4O/c27-19-6-9-23(22(28)15-19)33-25-18(14-17-4-7-20(29)8-5-17)16-30-11-10-21(25)24(31-33)26(34)32-12-2-1-3-13-32/h4-9,14-15,30H,1-3,10-13,16H2/b18-14+. The molecule has 0 spiro atoms. The minimum absolute atomic E-state index is 0.0391. The number of carbonyl (C=O) groups excluding carboxylic acids is 1. The molecule has 8 heteroatoms. The van der Waals surface area contributed by atoms with Gasteiger partial charge in [0.25, 0.3) is 5.91 Å². The zero-order valence-electron chi connectivity index (χ0n) is 18.7. The fourth-order valence-electron chi connectivity index (χ4n) is 4.66. The number of benzene rings is 2. The molecule has 0 aliphatic carbocycles. The molecule has 5 nitrogen and oxygen atoms in total. The molecule has 1 saturated heterocycles. The molecule has 176 valence electrons. The van der Waals surface area contributed by atoms with E-state index in [1.165, 1.54) is 12.1 Å². The lowest BCUT2D eigenvalue weighted by atomic mass is 10.0. The van der Waals surface area contributed by atoms with Crippen LogP contribution in [0.2, 0.25) is 10.0 Å². The van der Waals surface area contributed by atoms with Crippen molar-refractivity contribution in [3.05, 3.63) is 80.8 Å². The van der Waals surface area contributed by atoms with E-state index in [0.717, 1.165) is 54.7 Å². The van der Waals surface area contributed by atoms with Crippen LogP contribution < -0.4 is 5.32 Å². The Morgan fingerprint density at radius 1 is 1.06 bits per heavy atom. The number of amides is 1. The predicted octanol–water partition coefficient (Wildman–Crippen LogP) is 5.63. The summed E-state index contributed by atoms with van der Waals surface area (Å²) in [6.07, 6.45) is 5.83. The first kappa shape index (κ1) is 23.1. The lowest BCUT2D eigenvalue weighted by Gasteiger charge is -2.26. The minimum atomic E-state index is -0.283. The molecule has 3 aromatic rings. The number of fused-ring (bicyclic) bond motifs is 1. The van der Waals surface area contributed by atoms with Gasteiger partial charge in [0.15, 0.2) is 5.69 Å². The minimum Gasteiger partial charge on any atom is -0.337 e. The summed E-state index contributed by atoms with van der Waals surface area (Å²) < 4.78 is 15.3. The maximum atomic E-state index is 13.6. The van der Waals surface area contributed by atoms with Gasteiger partial charge in [-0.05, 0) is 79.8 Å². The van der Waals surface area contributed by atoms with Gasteiger partial charge in [0, 0.05) is 30.2 Å². The monoisotopic (exact) mass is 498 g/mol. The molecule has 5 rings (SSSR count). The molecule has 0 atom stereocenters. The third-order valence-electron chi connectivity index (χ3n) is 6.35. The van der Waals surface area contributed by atoms with Crippen LogP contribution in [0, 0.1) is 5.82 Å². The van der Waals surface area contributed by atoms with Gasteiger partial charge in [0.05, 0.1) is 16.4 Å². The molecule has 1 fully saturated rings. The lowest BCUT2D eigenvalue weighted by Crippen LogP contribution is -2.36. The van der Waals surface area contributed by atoms with Crippen LogP contribution in [-0.2, 0) is 6.42 Å². The normalized spacial score (nSPS) is 17.5. The van der Waals surface area contributed by atoms with Crippen LogP contribution in [0.3, 0.4) is 0 Å². The molecule has 1 amide bonds. The number of aromatic nitrogens is 2. The molecular weight excluding hydrogens is 474 g/mol. The van der Waals surface area contributed by atoms with Crippen molar-refractivity contribution in [3.8, 4) is 5.69 Å². The molecule has 2 aliphatic heterocycles. The summed E-state index contributed by atoms with van der Waals surface area (Å²) in [5.41, 5.74) is 4.70. The van der Waals surface area contributed by atoms with E-state index >= 15 is 0 Å². The predicted molar refractivity (Wildman–Crippen MR) is 134 cm³/mol. The van der Waals surface area contributed by atoms with Crippen molar-refractivity contribution in [2.75, 3.05) is 26.2 Å². The number of hydrogen-bond acceptors (Lipinski definition) is 3. The molecule has 0 saturated carbocycles. The maximum absolute atomic E-state index is 13.6. The first-order valence-corrected chi connectivity index (χ1v) is 12.3. The van der Waals surface area contributed by atoms with E-state index in [1.54, 1.807) is 28.9 Å². The summed E-state index contributed by atoms with van der Waals surface area (Å²) in [5, 5.41) is 9.27. The summed E-state index contributed by atoms with van der Waals surface area (Å²) in [6, 6.07) is 11.6. The summed E-state index contributed by atoms with van der Waals surface area (Å²) >= 11 is 12.7. The van der Waals surface area contributed by atoms with Gasteiger partial charge in [-0.25, -0.2) is 9.07 Å². The summed E-state index contributed by atoms with van der Waals surface area (Å²) in [4.78, 5) is 15.5. The molecule has 2 aromatic carbocycles. The number of rotatable bonds is 3. The number of halogens is 3. The first-order chi connectivity index (χ1) is 16.5. The van der Waals surface area contributed by atoms with Crippen molar-refractivity contribution in [3.63, 3.8) is 0 Å². The highest BCUT2D eigenvalue weighted by Gasteiger charge is 2.30. The fraction of sp³-hybridized carbons (Fsp3) is 0.308. The van der Waals surface area contributed by atoms with Crippen molar-refractivity contribution in [1.29, 1.82) is 0 Å².